The lowest BCUT2D eigenvalue weighted by molar-refractivity contribution is -0.134. The van der Waals surface area contributed by atoms with Gasteiger partial charge in [-0.2, -0.15) is 0 Å². The topological polar surface area (TPSA) is 77.6 Å². The van der Waals surface area contributed by atoms with E-state index in [1.54, 1.807) is 0 Å². The Bertz CT molecular complexity index is 863. The first-order valence-electron chi connectivity index (χ1n) is 12.4. The SMILES string of the molecule is CC(C)(C)NC(=O)CN1CCCN(CC(=O)N2CCN(Cc3ccc4c(c3)OCO4)CC2)CC1. The number of nitrogens with one attached hydrogen (secondary N) is 1. The highest BCUT2D eigenvalue weighted by molar-refractivity contribution is 5.79. The van der Waals surface area contributed by atoms with Gasteiger partial charge in [0, 0.05) is 51.4 Å². The summed E-state index contributed by atoms with van der Waals surface area (Å²) in [6.45, 7) is 14.7. The van der Waals surface area contributed by atoms with E-state index in [1.165, 1.54) is 5.56 Å². The van der Waals surface area contributed by atoms with Crippen molar-refractivity contribution < 1.29 is 19.1 Å². The van der Waals surface area contributed by atoms with Crippen molar-refractivity contribution in [2.45, 2.75) is 39.3 Å². The average Bonchev–Trinajstić information content (AvgIpc) is 3.13. The number of amides is 2. The molecular weight excluding hydrogens is 434 g/mol. The van der Waals surface area contributed by atoms with Crippen LogP contribution >= 0.6 is 0 Å². The molecule has 0 radical (unpaired) electrons. The number of benzene rings is 1. The summed E-state index contributed by atoms with van der Waals surface area (Å²) in [4.78, 5) is 34.0. The highest BCUT2D eigenvalue weighted by Gasteiger charge is 2.25. The number of nitrogens with zero attached hydrogens (tertiary/aromatic N) is 4. The van der Waals surface area contributed by atoms with Gasteiger partial charge in [-0.3, -0.25) is 24.3 Å². The molecular formula is C25H39N5O4. The minimum atomic E-state index is -0.212. The van der Waals surface area contributed by atoms with Crippen LogP contribution in [0.3, 0.4) is 0 Å². The summed E-state index contributed by atoms with van der Waals surface area (Å²) in [5.74, 6) is 1.90. The molecule has 0 aliphatic carbocycles. The van der Waals surface area contributed by atoms with Crippen LogP contribution in [0.1, 0.15) is 32.8 Å². The van der Waals surface area contributed by atoms with E-state index in [0.29, 0.717) is 19.9 Å². The summed E-state index contributed by atoms with van der Waals surface area (Å²) in [6.07, 6.45) is 0.972. The molecule has 0 saturated carbocycles. The van der Waals surface area contributed by atoms with Gasteiger partial charge in [0.1, 0.15) is 0 Å². The number of hydrogen-bond donors (Lipinski definition) is 1. The average molecular weight is 474 g/mol. The van der Waals surface area contributed by atoms with Crippen molar-refractivity contribution in [3.05, 3.63) is 23.8 Å². The number of piperazine rings is 1. The van der Waals surface area contributed by atoms with Gasteiger partial charge in [-0.25, -0.2) is 0 Å². The highest BCUT2D eigenvalue weighted by atomic mass is 16.7. The Morgan fingerprint density at radius 3 is 2.21 bits per heavy atom. The van der Waals surface area contributed by atoms with Crippen LogP contribution in [-0.4, -0.2) is 109 Å². The molecule has 2 fully saturated rings. The van der Waals surface area contributed by atoms with Crippen LogP contribution in [0, 0.1) is 0 Å². The zero-order valence-corrected chi connectivity index (χ0v) is 20.8. The Morgan fingerprint density at radius 1 is 0.853 bits per heavy atom. The predicted octanol–water partition coefficient (Wildman–Crippen LogP) is 0.982. The molecule has 4 rings (SSSR count). The zero-order chi connectivity index (χ0) is 24.1. The zero-order valence-electron chi connectivity index (χ0n) is 20.8. The molecule has 3 aliphatic rings. The van der Waals surface area contributed by atoms with Crippen molar-refractivity contribution in [1.29, 1.82) is 0 Å². The van der Waals surface area contributed by atoms with Crippen LogP contribution in [0.15, 0.2) is 18.2 Å². The molecule has 1 aromatic rings. The van der Waals surface area contributed by atoms with Gasteiger partial charge >= 0.3 is 0 Å². The maximum absolute atomic E-state index is 12.9. The predicted molar refractivity (Wildman–Crippen MR) is 130 cm³/mol. The van der Waals surface area contributed by atoms with Crippen LogP contribution in [0.4, 0.5) is 0 Å². The van der Waals surface area contributed by atoms with Crippen LogP contribution in [-0.2, 0) is 16.1 Å². The highest BCUT2D eigenvalue weighted by Crippen LogP contribution is 2.32. The molecule has 9 heteroatoms. The monoisotopic (exact) mass is 473 g/mol. The number of ether oxygens (including phenoxy) is 2. The molecule has 1 N–H and O–H groups in total. The van der Waals surface area contributed by atoms with Crippen LogP contribution in [0.2, 0.25) is 0 Å². The molecule has 9 nitrogen and oxygen atoms in total. The molecule has 0 spiro atoms. The molecule has 34 heavy (non-hydrogen) atoms. The standard InChI is InChI=1S/C25H39N5O4/c1-25(2,3)26-23(31)17-27-7-4-8-28(10-9-27)18-24(32)30-13-11-29(12-14-30)16-20-5-6-21-22(15-20)34-19-33-21/h5-6,15H,4,7-14,16-19H2,1-3H3,(H,26,31). The smallest absolute Gasteiger partial charge is 0.236 e. The van der Waals surface area contributed by atoms with Crippen molar-refractivity contribution in [2.75, 3.05) is 72.2 Å². The molecule has 2 saturated heterocycles. The van der Waals surface area contributed by atoms with Gasteiger partial charge in [-0.05, 0) is 58.0 Å². The third-order valence-electron chi connectivity index (χ3n) is 6.49. The molecule has 0 unspecified atom stereocenters. The van der Waals surface area contributed by atoms with Gasteiger partial charge in [0.05, 0.1) is 13.1 Å². The van der Waals surface area contributed by atoms with Crippen LogP contribution in [0.5, 0.6) is 11.5 Å². The van der Waals surface area contributed by atoms with E-state index in [0.717, 1.165) is 76.8 Å². The normalized spacial score (nSPS) is 20.3. The molecule has 3 heterocycles. The van der Waals surface area contributed by atoms with E-state index in [9.17, 15) is 9.59 Å². The first-order chi connectivity index (χ1) is 16.2. The number of rotatable bonds is 6. The Balaban J connectivity index is 1.17. The Labute approximate surface area is 202 Å². The second-order valence-electron chi connectivity index (χ2n) is 10.5. The maximum Gasteiger partial charge on any atom is 0.236 e. The summed E-state index contributed by atoms with van der Waals surface area (Å²) in [7, 11) is 0. The van der Waals surface area contributed by atoms with Crippen LogP contribution in [0.25, 0.3) is 0 Å². The summed E-state index contributed by atoms with van der Waals surface area (Å²) in [5.41, 5.74) is 0.991. The second kappa shape index (κ2) is 10.9. The summed E-state index contributed by atoms with van der Waals surface area (Å²) >= 11 is 0. The van der Waals surface area contributed by atoms with Crippen LogP contribution < -0.4 is 14.8 Å². The fourth-order valence-electron chi connectivity index (χ4n) is 4.75. The third kappa shape index (κ3) is 7.07. The van der Waals surface area contributed by atoms with E-state index in [4.69, 9.17) is 9.47 Å². The van der Waals surface area contributed by atoms with Gasteiger partial charge in [0.15, 0.2) is 11.5 Å². The maximum atomic E-state index is 12.9. The Kier molecular flexibility index (Phi) is 7.95. The lowest BCUT2D eigenvalue weighted by atomic mass is 10.1. The summed E-state index contributed by atoms with van der Waals surface area (Å²) < 4.78 is 10.9. The molecule has 0 aromatic heterocycles. The molecule has 3 aliphatic heterocycles. The second-order valence-corrected chi connectivity index (χ2v) is 10.5. The number of carbonyl (C=O) groups is 2. The Morgan fingerprint density at radius 2 is 1.50 bits per heavy atom. The van der Waals surface area contributed by atoms with Gasteiger partial charge in [-0.15, -0.1) is 0 Å². The summed E-state index contributed by atoms with van der Waals surface area (Å²) in [5, 5.41) is 3.03. The molecule has 0 atom stereocenters. The lowest BCUT2D eigenvalue weighted by Gasteiger charge is -2.35. The van der Waals surface area contributed by atoms with Crippen molar-refractivity contribution >= 4 is 11.8 Å². The van der Waals surface area contributed by atoms with Crippen molar-refractivity contribution in [1.82, 2.24) is 24.9 Å². The number of carbonyl (C=O) groups excluding carboxylic acids is 2. The quantitative estimate of drug-likeness (QED) is 0.660. The van der Waals surface area contributed by atoms with E-state index >= 15 is 0 Å². The van der Waals surface area contributed by atoms with Gasteiger partial charge in [0.2, 0.25) is 18.6 Å². The third-order valence-corrected chi connectivity index (χ3v) is 6.49. The Hall–Kier alpha value is -2.36. The fraction of sp³-hybridized carbons (Fsp3) is 0.680. The van der Waals surface area contributed by atoms with E-state index in [-0.39, 0.29) is 17.4 Å². The number of fused-ring (bicyclic) bond motifs is 1. The van der Waals surface area contributed by atoms with Crippen molar-refractivity contribution in [3.8, 4) is 11.5 Å². The minimum Gasteiger partial charge on any atom is -0.454 e. The van der Waals surface area contributed by atoms with E-state index in [2.05, 4.69) is 32.1 Å². The molecule has 1 aromatic carbocycles. The first-order valence-corrected chi connectivity index (χ1v) is 12.4. The first kappa shape index (κ1) is 24.8. The number of hydrogen-bond acceptors (Lipinski definition) is 7. The van der Waals surface area contributed by atoms with Gasteiger partial charge in [-0.1, -0.05) is 6.07 Å². The summed E-state index contributed by atoms with van der Waals surface area (Å²) in [6, 6.07) is 6.10. The van der Waals surface area contributed by atoms with Gasteiger partial charge < -0.3 is 19.7 Å². The van der Waals surface area contributed by atoms with E-state index in [1.807, 2.05) is 31.7 Å². The van der Waals surface area contributed by atoms with E-state index < -0.39 is 0 Å². The lowest BCUT2D eigenvalue weighted by Crippen LogP contribution is -2.51. The molecule has 188 valence electrons. The van der Waals surface area contributed by atoms with Crippen molar-refractivity contribution in [3.63, 3.8) is 0 Å². The fourth-order valence-corrected chi connectivity index (χ4v) is 4.75. The molecule has 0 bridgehead atoms. The van der Waals surface area contributed by atoms with Crippen molar-refractivity contribution in [2.24, 2.45) is 0 Å². The minimum absolute atomic E-state index is 0.0654. The molecule has 2 amide bonds. The van der Waals surface area contributed by atoms with Gasteiger partial charge in [0.25, 0.3) is 0 Å². The largest absolute Gasteiger partial charge is 0.454 e.